The minimum absolute atomic E-state index is 0.0226. The van der Waals surface area contributed by atoms with Crippen molar-refractivity contribution in [2.45, 2.75) is 39.5 Å². The fourth-order valence-electron chi connectivity index (χ4n) is 2.86. The number of carbonyl (C=O) groups is 3. The number of ketones is 1. The molecule has 0 fully saturated rings. The molecule has 1 amide bonds. The Balaban J connectivity index is 1.61. The number of thiazole rings is 1. The summed E-state index contributed by atoms with van der Waals surface area (Å²) in [7, 11) is 0. The zero-order valence-electron chi connectivity index (χ0n) is 17.6. The number of hydrogen-bond donors (Lipinski definition) is 0. The van der Waals surface area contributed by atoms with E-state index in [4.69, 9.17) is 4.74 Å². The molecule has 0 bridgehead atoms. The van der Waals surface area contributed by atoms with Gasteiger partial charge in [0.1, 0.15) is 6.61 Å². The summed E-state index contributed by atoms with van der Waals surface area (Å²) in [6, 6.07) is 7.93. The van der Waals surface area contributed by atoms with E-state index in [2.05, 4.69) is 4.98 Å². The molecule has 3 rings (SSSR count). The van der Waals surface area contributed by atoms with Crippen LogP contribution in [0.3, 0.4) is 0 Å². The van der Waals surface area contributed by atoms with E-state index in [1.807, 2.05) is 13.0 Å². The maximum absolute atomic E-state index is 13.0. The van der Waals surface area contributed by atoms with E-state index in [-0.39, 0.29) is 36.1 Å². The predicted molar refractivity (Wildman–Crippen MR) is 119 cm³/mol. The molecule has 1 aromatic carbocycles. The van der Waals surface area contributed by atoms with E-state index in [1.165, 1.54) is 30.4 Å². The molecular weight excluding hydrogens is 477 g/mol. The van der Waals surface area contributed by atoms with Crippen LogP contribution < -0.4 is 4.90 Å². The summed E-state index contributed by atoms with van der Waals surface area (Å²) in [5.41, 5.74) is -0.524. The van der Waals surface area contributed by atoms with Gasteiger partial charge in [0.15, 0.2) is 10.9 Å². The first-order valence-corrected chi connectivity index (χ1v) is 11.4. The standard InChI is InChI=1S/C22H19F3N2O4S2/c1-13-6-8-19(33-13)18(29)7-9-20(30)31-11-16-12-32-21(26-16)27(14(2)28)17-5-3-4-15(10-17)22(23,24)25/h3-6,8,10,12H,7,9,11H2,1-2H3. The molecule has 0 aliphatic rings. The van der Waals surface area contributed by atoms with E-state index in [0.717, 1.165) is 33.2 Å². The van der Waals surface area contributed by atoms with Crippen molar-refractivity contribution in [2.24, 2.45) is 0 Å². The Morgan fingerprint density at radius 2 is 1.88 bits per heavy atom. The Morgan fingerprint density at radius 3 is 2.52 bits per heavy atom. The minimum atomic E-state index is -4.55. The van der Waals surface area contributed by atoms with Crippen molar-refractivity contribution >= 4 is 51.2 Å². The Kier molecular flexibility index (Phi) is 7.65. The van der Waals surface area contributed by atoms with Gasteiger partial charge in [0.25, 0.3) is 0 Å². The van der Waals surface area contributed by atoms with Gasteiger partial charge in [-0.25, -0.2) is 4.98 Å². The van der Waals surface area contributed by atoms with Crippen LogP contribution in [0.5, 0.6) is 0 Å². The molecular formula is C22H19F3N2O4S2. The molecule has 0 saturated heterocycles. The number of hydrogen-bond acceptors (Lipinski definition) is 7. The number of aromatic nitrogens is 1. The SMILES string of the molecule is CC(=O)N(c1cccc(C(F)(F)F)c1)c1nc(COC(=O)CCC(=O)c2ccc(C)s2)cs1. The second-order valence-corrected chi connectivity index (χ2v) is 9.14. The molecule has 33 heavy (non-hydrogen) atoms. The van der Waals surface area contributed by atoms with Gasteiger partial charge < -0.3 is 4.74 Å². The molecule has 3 aromatic rings. The Hall–Kier alpha value is -3.05. The average Bonchev–Trinajstić information content (AvgIpc) is 3.39. The Labute approximate surface area is 195 Å². The molecule has 0 aliphatic heterocycles. The van der Waals surface area contributed by atoms with Crippen LogP contribution in [-0.4, -0.2) is 22.6 Å². The summed E-state index contributed by atoms with van der Waals surface area (Å²) in [6.07, 6.45) is -4.62. The highest BCUT2D eigenvalue weighted by molar-refractivity contribution is 7.14. The number of nitrogens with zero attached hydrogens (tertiary/aromatic N) is 2. The first-order chi connectivity index (χ1) is 15.5. The zero-order valence-corrected chi connectivity index (χ0v) is 19.3. The van der Waals surface area contributed by atoms with Crippen molar-refractivity contribution in [1.82, 2.24) is 4.98 Å². The number of anilines is 2. The van der Waals surface area contributed by atoms with Gasteiger partial charge in [0, 0.05) is 23.6 Å². The average molecular weight is 497 g/mol. The fraction of sp³-hybridized carbons (Fsp3) is 0.273. The third-order valence-electron chi connectivity index (χ3n) is 4.43. The number of aryl methyl sites for hydroxylation is 1. The van der Waals surface area contributed by atoms with Crippen LogP contribution in [0, 0.1) is 6.92 Å². The lowest BCUT2D eigenvalue weighted by molar-refractivity contribution is -0.145. The van der Waals surface area contributed by atoms with Crippen molar-refractivity contribution < 1.29 is 32.3 Å². The van der Waals surface area contributed by atoms with Gasteiger partial charge in [0.2, 0.25) is 5.91 Å². The molecule has 0 aliphatic carbocycles. The molecule has 2 aromatic heterocycles. The monoisotopic (exact) mass is 496 g/mol. The summed E-state index contributed by atoms with van der Waals surface area (Å²) in [6.45, 7) is 2.92. The van der Waals surface area contributed by atoms with Crippen LogP contribution in [0.4, 0.5) is 24.0 Å². The first-order valence-electron chi connectivity index (χ1n) is 9.72. The van der Waals surface area contributed by atoms with E-state index in [9.17, 15) is 27.6 Å². The number of halogens is 3. The van der Waals surface area contributed by atoms with Gasteiger partial charge >= 0.3 is 12.1 Å². The lowest BCUT2D eigenvalue weighted by Gasteiger charge is -2.19. The molecule has 0 radical (unpaired) electrons. The third-order valence-corrected chi connectivity index (χ3v) is 6.35. The van der Waals surface area contributed by atoms with Crippen molar-refractivity contribution in [3.05, 3.63) is 62.8 Å². The number of thiophene rings is 1. The van der Waals surface area contributed by atoms with E-state index in [0.29, 0.717) is 10.6 Å². The van der Waals surface area contributed by atoms with Crippen LogP contribution >= 0.6 is 22.7 Å². The van der Waals surface area contributed by atoms with Gasteiger partial charge in [-0.15, -0.1) is 22.7 Å². The summed E-state index contributed by atoms with van der Waals surface area (Å²) < 4.78 is 44.3. The molecule has 11 heteroatoms. The topological polar surface area (TPSA) is 76.6 Å². The van der Waals surface area contributed by atoms with Gasteiger partial charge in [-0.2, -0.15) is 13.2 Å². The number of rotatable bonds is 8. The zero-order chi connectivity index (χ0) is 24.2. The number of alkyl halides is 3. The lowest BCUT2D eigenvalue weighted by atomic mass is 10.2. The molecule has 0 atom stereocenters. The number of ether oxygens (including phenoxy) is 1. The fourth-order valence-corrected chi connectivity index (χ4v) is 4.57. The van der Waals surface area contributed by atoms with Crippen LogP contribution in [0.15, 0.2) is 41.8 Å². The molecule has 2 heterocycles. The maximum atomic E-state index is 13.0. The second kappa shape index (κ2) is 10.3. The third kappa shape index (κ3) is 6.48. The highest BCUT2D eigenvalue weighted by atomic mass is 32.1. The van der Waals surface area contributed by atoms with Crippen molar-refractivity contribution in [3.8, 4) is 0 Å². The summed E-state index contributed by atoms with van der Waals surface area (Å²) in [4.78, 5) is 43.1. The predicted octanol–water partition coefficient (Wildman–Crippen LogP) is 5.92. The summed E-state index contributed by atoms with van der Waals surface area (Å²) in [5, 5.41) is 1.70. The molecule has 0 unspecified atom stereocenters. The Bertz CT molecular complexity index is 1170. The number of carbonyl (C=O) groups excluding carboxylic acids is 3. The first kappa shape index (κ1) is 24.6. The van der Waals surface area contributed by atoms with Crippen LogP contribution in [-0.2, 0) is 27.1 Å². The second-order valence-electron chi connectivity index (χ2n) is 7.02. The highest BCUT2D eigenvalue weighted by Gasteiger charge is 2.31. The molecule has 6 nitrogen and oxygen atoms in total. The van der Waals surface area contributed by atoms with Gasteiger partial charge in [-0.3, -0.25) is 19.3 Å². The van der Waals surface area contributed by atoms with E-state index in [1.54, 1.807) is 11.4 Å². The number of benzene rings is 1. The van der Waals surface area contributed by atoms with E-state index >= 15 is 0 Å². The number of amides is 1. The normalized spacial score (nSPS) is 11.3. The van der Waals surface area contributed by atoms with Crippen LogP contribution in [0.2, 0.25) is 0 Å². The van der Waals surface area contributed by atoms with Crippen LogP contribution in [0.25, 0.3) is 0 Å². The number of esters is 1. The number of Topliss-reactive ketones (excluding diaryl/α,β-unsaturated/α-hetero) is 1. The summed E-state index contributed by atoms with van der Waals surface area (Å²) in [5.74, 6) is -1.23. The smallest absolute Gasteiger partial charge is 0.416 e. The molecule has 0 N–H and O–H groups in total. The van der Waals surface area contributed by atoms with Crippen molar-refractivity contribution in [1.29, 1.82) is 0 Å². The van der Waals surface area contributed by atoms with Gasteiger partial charge in [0.05, 0.1) is 28.2 Å². The maximum Gasteiger partial charge on any atom is 0.416 e. The largest absolute Gasteiger partial charge is 0.459 e. The van der Waals surface area contributed by atoms with Crippen molar-refractivity contribution in [2.75, 3.05) is 4.90 Å². The molecule has 0 spiro atoms. The minimum Gasteiger partial charge on any atom is -0.459 e. The highest BCUT2D eigenvalue weighted by Crippen LogP contribution is 2.35. The molecule has 0 saturated carbocycles. The Morgan fingerprint density at radius 1 is 1.12 bits per heavy atom. The quantitative estimate of drug-likeness (QED) is 0.286. The van der Waals surface area contributed by atoms with E-state index < -0.39 is 23.6 Å². The summed E-state index contributed by atoms with van der Waals surface area (Å²) >= 11 is 2.39. The van der Waals surface area contributed by atoms with Crippen LogP contribution in [0.1, 0.15) is 45.6 Å². The lowest BCUT2D eigenvalue weighted by Crippen LogP contribution is -2.23. The van der Waals surface area contributed by atoms with Gasteiger partial charge in [-0.05, 0) is 37.3 Å². The molecule has 174 valence electrons. The van der Waals surface area contributed by atoms with Gasteiger partial charge in [-0.1, -0.05) is 6.07 Å². The van der Waals surface area contributed by atoms with Crippen molar-refractivity contribution in [3.63, 3.8) is 0 Å².